The van der Waals surface area contributed by atoms with Crippen molar-refractivity contribution in [1.82, 2.24) is 4.98 Å². The molecule has 0 fully saturated rings. The number of aromatic nitrogens is 1. The van der Waals surface area contributed by atoms with Gasteiger partial charge in [0.2, 0.25) is 11.5 Å². The zero-order chi connectivity index (χ0) is 22.5. The molecule has 2 aromatic carbocycles. The number of nitrogens with zero attached hydrogens (tertiary/aromatic N) is 1. The lowest BCUT2D eigenvalue weighted by atomic mass is 9.89. The van der Waals surface area contributed by atoms with E-state index in [4.69, 9.17) is 18.9 Å². The smallest absolute Gasteiger partial charge is 0.336 e. The molecule has 1 N–H and O–H groups in total. The summed E-state index contributed by atoms with van der Waals surface area (Å²) >= 11 is 0. The van der Waals surface area contributed by atoms with Gasteiger partial charge in [-0.1, -0.05) is 18.2 Å². The zero-order valence-electron chi connectivity index (χ0n) is 18.2. The minimum atomic E-state index is -1.01. The van der Waals surface area contributed by atoms with Gasteiger partial charge in [-0.2, -0.15) is 0 Å². The standard InChI is InChI=1S/C24H25NO6/c1-14-18(21(29-3)23(31-5)22(30-4)20(14)28-2)12-15-8-6-10-17(24(26)27)19(15)16-9-7-11-25-13-16/h6-11,13H,12H2,1-5H3,(H,26,27). The molecule has 0 atom stereocenters. The van der Waals surface area contributed by atoms with Crippen LogP contribution in [-0.2, 0) is 6.42 Å². The monoisotopic (exact) mass is 423 g/mol. The van der Waals surface area contributed by atoms with Crippen LogP contribution in [0.15, 0.2) is 42.7 Å². The highest BCUT2D eigenvalue weighted by Gasteiger charge is 2.26. The molecule has 0 radical (unpaired) electrons. The first-order valence-electron chi connectivity index (χ1n) is 9.59. The molecular weight excluding hydrogens is 398 g/mol. The predicted octanol–water partition coefficient (Wildman–Crippen LogP) is 4.38. The molecule has 7 nitrogen and oxygen atoms in total. The number of carboxylic acids is 1. The fourth-order valence-electron chi connectivity index (χ4n) is 3.83. The fourth-order valence-corrected chi connectivity index (χ4v) is 3.83. The number of benzene rings is 2. The van der Waals surface area contributed by atoms with Crippen molar-refractivity contribution in [3.05, 3.63) is 65.0 Å². The average Bonchev–Trinajstić information content (AvgIpc) is 2.79. The van der Waals surface area contributed by atoms with Crippen LogP contribution in [-0.4, -0.2) is 44.5 Å². The van der Waals surface area contributed by atoms with Gasteiger partial charge >= 0.3 is 5.97 Å². The van der Waals surface area contributed by atoms with E-state index < -0.39 is 5.97 Å². The summed E-state index contributed by atoms with van der Waals surface area (Å²) in [6.07, 6.45) is 3.69. The van der Waals surface area contributed by atoms with Crippen LogP contribution in [0.1, 0.15) is 27.0 Å². The first kappa shape index (κ1) is 22.0. The number of ether oxygens (including phenoxy) is 4. The van der Waals surface area contributed by atoms with E-state index in [1.807, 2.05) is 19.1 Å². The van der Waals surface area contributed by atoms with Crippen LogP contribution in [0, 0.1) is 6.92 Å². The van der Waals surface area contributed by atoms with E-state index >= 15 is 0 Å². The van der Waals surface area contributed by atoms with Crippen LogP contribution in [0.2, 0.25) is 0 Å². The van der Waals surface area contributed by atoms with Crippen LogP contribution in [0.3, 0.4) is 0 Å². The molecule has 0 aliphatic rings. The number of carbonyl (C=O) groups is 1. The molecule has 0 amide bonds. The van der Waals surface area contributed by atoms with Crippen molar-refractivity contribution < 1.29 is 28.8 Å². The molecular formula is C24H25NO6. The normalized spacial score (nSPS) is 10.5. The molecule has 0 aliphatic heterocycles. The average molecular weight is 423 g/mol. The highest BCUT2D eigenvalue weighted by atomic mass is 16.5. The predicted molar refractivity (Wildman–Crippen MR) is 117 cm³/mol. The van der Waals surface area contributed by atoms with Gasteiger partial charge in [-0.25, -0.2) is 4.79 Å². The van der Waals surface area contributed by atoms with E-state index in [0.29, 0.717) is 35.0 Å². The van der Waals surface area contributed by atoms with Crippen molar-refractivity contribution in [3.63, 3.8) is 0 Å². The molecule has 0 bridgehead atoms. The molecule has 0 saturated heterocycles. The van der Waals surface area contributed by atoms with Gasteiger partial charge in [-0.15, -0.1) is 0 Å². The first-order chi connectivity index (χ1) is 15.0. The molecule has 0 saturated carbocycles. The van der Waals surface area contributed by atoms with E-state index in [2.05, 4.69) is 4.98 Å². The molecule has 0 aliphatic carbocycles. The van der Waals surface area contributed by atoms with Gasteiger partial charge in [0.1, 0.15) is 0 Å². The Bertz CT molecular complexity index is 1100. The third-order valence-corrected chi connectivity index (χ3v) is 5.20. The van der Waals surface area contributed by atoms with Crippen molar-refractivity contribution in [3.8, 4) is 34.1 Å². The third-order valence-electron chi connectivity index (χ3n) is 5.20. The van der Waals surface area contributed by atoms with Crippen LogP contribution >= 0.6 is 0 Å². The molecule has 1 aromatic heterocycles. The Kier molecular flexibility index (Phi) is 6.65. The molecule has 1 heterocycles. The number of hydrogen-bond donors (Lipinski definition) is 1. The lowest BCUT2D eigenvalue weighted by molar-refractivity contribution is 0.0697. The van der Waals surface area contributed by atoms with Gasteiger partial charge in [0.15, 0.2) is 11.5 Å². The van der Waals surface area contributed by atoms with Gasteiger partial charge < -0.3 is 24.1 Å². The lowest BCUT2D eigenvalue weighted by Gasteiger charge is -2.22. The Hall–Kier alpha value is -3.74. The maximum Gasteiger partial charge on any atom is 0.336 e. The first-order valence-corrected chi connectivity index (χ1v) is 9.59. The van der Waals surface area contributed by atoms with Crippen molar-refractivity contribution in [2.45, 2.75) is 13.3 Å². The Morgan fingerprint density at radius 2 is 1.55 bits per heavy atom. The van der Waals surface area contributed by atoms with Gasteiger partial charge in [-0.05, 0) is 24.6 Å². The third kappa shape index (κ3) is 3.99. The summed E-state index contributed by atoms with van der Waals surface area (Å²) in [7, 11) is 6.19. The zero-order valence-corrected chi connectivity index (χ0v) is 18.2. The Balaban J connectivity index is 2.29. The van der Waals surface area contributed by atoms with E-state index in [1.54, 1.807) is 44.8 Å². The van der Waals surface area contributed by atoms with Crippen LogP contribution in [0.4, 0.5) is 0 Å². The minimum Gasteiger partial charge on any atom is -0.492 e. The summed E-state index contributed by atoms with van der Waals surface area (Å²) in [6.45, 7) is 1.91. The molecule has 162 valence electrons. The molecule has 7 heteroatoms. The summed E-state index contributed by atoms with van der Waals surface area (Å²) < 4.78 is 22.4. The van der Waals surface area contributed by atoms with E-state index in [1.165, 1.54) is 14.2 Å². The quantitative estimate of drug-likeness (QED) is 0.575. The highest BCUT2D eigenvalue weighted by Crippen LogP contribution is 2.50. The maximum absolute atomic E-state index is 12.0. The van der Waals surface area contributed by atoms with Crippen molar-refractivity contribution in [1.29, 1.82) is 0 Å². The molecule has 3 aromatic rings. The van der Waals surface area contributed by atoms with Crippen LogP contribution in [0.5, 0.6) is 23.0 Å². The Labute approximate surface area is 181 Å². The summed E-state index contributed by atoms with van der Waals surface area (Å²) in [5.74, 6) is 0.895. The van der Waals surface area contributed by atoms with E-state index in [-0.39, 0.29) is 5.56 Å². The lowest BCUT2D eigenvalue weighted by Crippen LogP contribution is -2.07. The van der Waals surface area contributed by atoms with Gasteiger partial charge in [-0.3, -0.25) is 4.98 Å². The number of hydrogen-bond acceptors (Lipinski definition) is 6. The second-order valence-electron chi connectivity index (χ2n) is 6.80. The van der Waals surface area contributed by atoms with Gasteiger partial charge in [0.05, 0.1) is 34.0 Å². The second kappa shape index (κ2) is 9.38. The van der Waals surface area contributed by atoms with Crippen LogP contribution in [0.25, 0.3) is 11.1 Å². The number of carboxylic acid groups (broad SMARTS) is 1. The topological polar surface area (TPSA) is 87.1 Å². The molecule has 31 heavy (non-hydrogen) atoms. The SMILES string of the molecule is COc1c(C)c(Cc2cccc(C(=O)O)c2-c2cccnc2)c(OC)c(OC)c1OC. The highest BCUT2D eigenvalue weighted by molar-refractivity contribution is 5.97. The number of rotatable bonds is 8. The number of pyridine rings is 1. The maximum atomic E-state index is 12.0. The van der Waals surface area contributed by atoms with Crippen molar-refractivity contribution in [2.24, 2.45) is 0 Å². The molecule has 0 spiro atoms. The summed E-state index contributed by atoms with van der Waals surface area (Å²) in [4.78, 5) is 16.1. The van der Waals surface area contributed by atoms with E-state index in [9.17, 15) is 9.90 Å². The number of aromatic carboxylic acids is 1. The second-order valence-corrected chi connectivity index (χ2v) is 6.80. The van der Waals surface area contributed by atoms with Crippen molar-refractivity contribution >= 4 is 5.97 Å². The fraction of sp³-hybridized carbons (Fsp3) is 0.250. The summed E-state index contributed by atoms with van der Waals surface area (Å²) in [6, 6.07) is 8.85. The Morgan fingerprint density at radius 3 is 2.10 bits per heavy atom. The van der Waals surface area contributed by atoms with Gasteiger partial charge in [0.25, 0.3) is 0 Å². The van der Waals surface area contributed by atoms with Crippen molar-refractivity contribution in [2.75, 3.05) is 28.4 Å². The minimum absolute atomic E-state index is 0.203. The van der Waals surface area contributed by atoms with E-state index in [0.717, 1.165) is 22.3 Å². The Morgan fingerprint density at radius 1 is 0.903 bits per heavy atom. The number of methoxy groups -OCH3 is 4. The summed E-state index contributed by atoms with van der Waals surface area (Å²) in [5.41, 5.74) is 3.97. The largest absolute Gasteiger partial charge is 0.492 e. The molecule has 3 rings (SSSR count). The molecule has 0 unspecified atom stereocenters. The summed E-state index contributed by atoms with van der Waals surface area (Å²) in [5, 5.41) is 9.80. The van der Waals surface area contributed by atoms with Gasteiger partial charge in [0, 0.05) is 41.1 Å². The van der Waals surface area contributed by atoms with Crippen LogP contribution < -0.4 is 18.9 Å².